The summed E-state index contributed by atoms with van der Waals surface area (Å²) in [5, 5.41) is -0.662. The van der Waals surface area contributed by atoms with Crippen molar-refractivity contribution in [2.75, 3.05) is 0 Å². The van der Waals surface area contributed by atoms with E-state index in [1.807, 2.05) is 0 Å². The first kappa shape index (κ1) is 8.93. The van der Waals surface area contributed by atoms with Crippen LogP contribution in [-0.4, -0.2) is 17.1 Å². The molecule has 0 aliphatic carbocycles. The van der Waals surface area contributed by atoms with Gasteiger partial charge in [0.2, 0.25) is 5.78 Å². The van der Waals surface area contributed by atoms with Gasteiger partial charge < -0.3 is 0 Å². The molecule has 0 amide bonds. The fourth-order valence-electron chi connectivity index (χ4n) is 0.774. The lowest BCUT2D eigenvalue weighted by Gasteiger charge is -2.03. The number of nitrogens with zero attached hydrogens (tertiary/aromatic N) is 1. The van der Waals surface area contributed by atoms with E-state index in [4.69, 9.17) is 0 Å². The summed E-state index contributed by atoms with van der Waals surface area (Å²) in [4.78, 5) is 24.7. The summed E-state index contributed by atoms with van der Waals surface area (Å²) >= 11 is 3.99. The van der Waals surface area contributed by atoms with E-state index in [0.29, 0.717) is 5.56 Å². The number of aldehydes is 1. The van der Waals surface area contributed by atoms with Crippen LogP contribution >= 0.6 is 12.6 Å². The van der Waals surface area contributed by atoms with Gasteiger partial charge >= 0.3 is 0 Å². The monoisotopic (exact) mass is 181 g/mol. The first-order chi connectivity index (χ1) is 5.75. The molecule has 4 heteroatoms. The highest BCUT2D eigenvalue weighted by Crippen LogP contribution is 2.18. The average molecular weight is 181 g/mol. The number of rotatable bonds is 3. The maximum Gasteiger partial charge on any atom is 0.212 e. The zero-order chi connectivity index (χ0) is 8.97. The lowest BCUT2D eigenvalue weighted by Crippen LogP contribution is -2.07. The maximum absolute atomic E-state index is 10.8. The maximum atomic E-state index is 10.8. The SMILES string of the molecule is O=CC(=O)C(S)c1ccncc1. The smallest absolute Gasteiger partial charge is 0.212 e. The van der Waals surface area contributed by atoms with Crippen molar-refractivity contribution < 1.29 is 9.59 Å². The largest absolute Gasteiger partial charge is 0.295 e. The van der Waals surface area contributed by atoms with Crippen molar-refractivity contribution in [3.8, 4) is 0 Å². The minimum atomic E-state index is -0.662. The van der Waals surface area contributed by atoms with E-state index in [1.54, 1.807) is 24.5 Å². The highest BCUT2D eigenvalue weighted by atomic mass is 32.1. The van der Waals surface area contributed by atoms with Gasteiger partial charge in [-0.3, -0.25) is 14.6 Å². The van der Waals surface area contributed by atoms with Crippen molar-refractivity contribution in [2.45, 2.75) is 5.25 Å². The summed E-state index contributed by atoms with van der Waals surface area (Å²) in [5.41, 5.74) is 0.686. The van der Waals surface area contributed by atoms with Gasteiger partial charge in [0.1, 0.15) is 0 Å². The molecule has 0 aromatic carbocycles. The predicted octanol–water partition coefficient (Wildman–Crippen LogP) is 0.820. The van der Waals surface area contributed by atoms with E-state index >= 15 is 0 Å². The number of Topliss-reactive ketones (excluding diaryl/α,β-unsaturated/α-hetero) is 1. The second-order valence-corrected chi connectivity index (χ2v) is 2.72. The standard InChI is InChI=1S/C8H7NO2S/c10-5-7(11)8(12)6-1-3-9-4-2-6/h1-5,8,12H. The minimum Gasteiger partial charge on any atom is -0.295 e. The second-order valence-electron chi connectivity index (χ2n) is 2.20. The first-order valence-electron chi connectivity index (χ1n) is 3.32. The van der Waals surface area contributed by atoms with Crippen LogP contribution in [0.4, 0.5) is 0 Å². The Balaban J connectivity index is 2.85. The Morgan fingerprint density at radius 1 is 1.50 bits per heavy atom. The molecule has 0 spiro atoms. The molecule has 0 N–H and O–H groups in total. The molecule has 1 aromatic rings. The van der Waals surface area contributed by atoms with E-state index in [0.717, 1.165) is 0 Å². The van der Waals surface area contributed by atoms with E-state index in [9.17, 15) is 9.59 Å². The van der Waals surface area contributed by atoms with Crippen LogP contribution in [0.5, 0.6) is 0 Å². The quantitative estimate of drug-likeness (QED) is 0.426. The molecule has 1 rings (SSSR count). The molecule has 62 valence electrons. The van der Waals surface area contributed by atoms with Crippen LogP contribution in [0.15, 0.2) is 24.5 Å². The van der Waals surface area contributed by atoms with Crippen LogP contribution < -0.4 is 0 Å². The van der Waals surface area contributed by atoms with E-state index in [2.05, 4.69) is 17.6 Å². The molecule has 1 atom stereocenters. The van der Waals surface area contributed by atoms with Crippen molar-refractivity contribution in [3.63, 3.8) is 0 Å². The molecule has 3 nitrogen and oxygen atoms in total. The second kappa shape index (κ2) is 4.01. The Kier molecular flexibility index (Phi) is 2.99. The van der Waals surface area contributed by atoms with Gasteiger partial charge in [-0.25, -0.2) is 0 Å². The molecule has 1 heterocycles. The van der Waals surface area contributed by atoms with Crippen LogP contribution in [0.25, 0.3) is 0 Å². The highest BCUT2D eigenvalue weighted by molar-refractivity contribution is 7.81. The number of hydrogen-bond acceptors (Lipinski definition) is 4. The molecular formula is C8H7NO2S. The first-order valence-corrected chi connectivity index (χ1v) is 3.84. The summed E-state index contributed by atoms with van der Waals surface area (Å²) < 4.78 is 0. The molecule has 1 aromatic heterocycles. The van der Waals surface area contributed by atoms with Gasteiger partial charge in [0.25, 0.3) is 0 Å². The Morgan fingerprint density at radius 3 is 2.58 bits per heavy atom. The normalized spacial score (nSPS) is 12.1. The molecular weight excluding hydrogens is 174 g/mol. The average Bonchev–Trinajstić information content (AvgIpc) is 2.17. The molecule has 1 unspecified atom stereocenters. The Labute approximate surface area is 75.2 Å². The Morgan fingerprint density at radius 2 is 2.08 bits per heavy atom. The third-order valence-corrected chi connectivity index (χ3v) is 1.96. The fraction of sp³-hybridized carbons (Fsp3) is 0.125. The van der Waals surface area contributed by atoms with Crippen LogP contribution in [0.2, 0.25) is 0 Å². The zero-order valence-electron chi connectivity index (χ0n) is 6.18. The van der Waals surface area contributed by atoms with Crippen LogP contribution in [0.3, 0.4) is 0 Å². The number of carbonyl (C=O) groups excluding carboxylic acids is 2. The summed E-state index contributed by atoms with van der Waals surface area (Å²) in [6, 6.07) is 3.30. The third kappa shape index (κ3) is 1.92. The molecule has 0 aliphatic rings. The summed E-state index contributed by atoms with van der Waals surface area (Å²) in [6.07, 6.45) is 3.38. The molecule has 0 saturated carbocycles. The topological polar surface area (TPSA) is 47.0 Å². The molecule has 0 saturated heterocycles. The van der Waals surface area contributed by atoms with Gasteiger partial charge in [-0.05, 0) is 17.7 Å². The van der Waals surface area contributed by atoms with Gasteiger partial charge in [0, 0.05) is 12.4 Å². The van der Waals surface area contributed by atoms with Gasteiger partial charge in [-0.15, -0.1) is 0 Å². The molecule has 12 heavy (non-hydrogen) atoms. The van der Waals surface area contributed by atoms with Crippen molar-refractivity contribution in [1.29, 1.82) is 0 Å². The fourth-order valence-corrected chi connectivity index (χ4v) is 1.01. The summed E-state index contributed by atoms with van der Waals surface area (Å²) in [6.45, 7) is 0. The lowest BCUT2D eigenvalue weighted by atomic mass is 10.1. The van der Waals surface area contributed by atoms with Crippen molar-refractivity contribution >= 4 is 24.7 Å². The molecule has 0 radical (unpaired) electrons. The van der Waals surface area contributed by atoms with E-state index in [1.165, 1.54) is 0 Å². The van der Waals surface area contributed by atoms with E-state index < -0.39 is 11.0 Å². The summed E-state index contributed by atoms with van der Waals surface area (Å²) in [5.74, 6) is -0.537. The van der Waals surface area contributed by atoms with Crippen LogP contribution in [0, 0.1) is 0 Å². The number of pyridine rings is 1. The zero-order valence-corrected chi connectivity index (χ0v) is 7.07. The number of hydrogen-bond donors (Lipinski definition) is 1. The predicted molar refractivity (Wildman–Crippen MR) is 47.0 cm³/mol. The third-order valence-electron chi connectivity index (χ3n) is 1.41. The van der Waals surface area contributed by atoms with Gasteiger partial charge in [-0.1, -0.05) is 0 Å². The van der Waals surface area contributed by atoms with Gasteiger partial charge in [0.15, 0.2) is 6.29 Å². The number of carbonyl (C=O) groups is 2. The number of thiol groups is 1. The van der Waals surface area contributed by atoms with Gasteiger partial charge in [0.05, 0.1) is 5.25 Å². The minimum absolute atomic E-state index is 0.276. The molecule has 0 bridgehead atoms. The van der Waals surface area contributed by atoms with Gasteiger partial charge in [-0.2, -0.15) is 12.6 Å². The highest BCUT2D eigenvalue weighted by Gasteiger charge is 2.14. The lowest BCUT2D eigenvalue weighted by molar-refractivity contribution is -0.129. The van der Waals surface area contributed by atoms with Crippen molar-refractivity contribution in [2.24, 2.45) is 0 Å². The number of aromatic nitrogens is 1. The van der Waals surface area contributed by atoms with Crippen molar-refractivity contribution in [3.05, 3.63) is 30.1 Å². The van der Waals surface area contributed by atoms with Crippen LogP contribution in [0.1, 0.15) is 10.8 Å². The summed E-state index contributed by atoms with van der Waals surface area (Å²) in [7, 11) is 0. The molecule has 0 fully saturated rings. The van der Waals surface area contributed by atoms with Crippen LogP contribution in [-0.2, 0) is 9.59 Å². The Hall–Kier alpha value is -1.16. The molecule has 0 aliphatic heterocycles. The number of ketones is 1. The van der Waals surface area contributed by atoms with Crippen molar-refractivity contribution in [1.82, 2.24) is 4.98 Å². The van der Waals surface area contributed by atoms with E-state index in [-0.39, 0.29) is 6.29 Å². The Bertz CT molecular complexity index is 286.